The molecule has 0 saturated carbocycles. The van der Waals surface area contributed by atoms with Gasteiger partial charge in [0.05, 0.1) is 21.8 Å². The molecule has 0 atom stereocenters. The number of pyridine rings is 1. The van der Waals surface area contributed by atoms with Gasteiger partial charge in [0.1, 0.15) is 0 Å². The highest BCUT2D eigenvalue weighted by atomic mass is 35.5. The van der Waals surface area contributed by atoms with Crippen LogP contribution in [-0.2, 0) is 18.8 Å². The van der Waals surface area contributed by atoms with Gasteiger partial charge in [-0.2, -0.15) is 26.3 Å². The third kappa shape index (κ3) is 3.96. The average Bonchev–Trinajstić information content (AvgIpc) is 2.44. The summed E-state index contributed by atoms with van der Waals surface area (Å²) >= 11 is 5.79. The van der Waals surface area contributed by atoms with Crippen LogP contribution in [0.2, 0.25) is 5.02 Å². The van der Waals surface area contributed by atoms with Crippen LogP contribution in [0.3, 0.4) is 0 Å². The molecule has 0 spiro atoms. The van der Waals surface area contributed by atoms with E-state index in [1.165, 1.54) is 6.07 Å². The first kappa shape index (κ1) is 17.6. The summed E-state index contributed by atoms with van der Waals surface area (Å²) in [5.74, 6) is 0. The number of alkyl halides is 6. The molecule has 2 aromatic rings. The van der Waals surface area contributed by atoms with Crippen molar-refractivity contribution in [2.45, 2.75) is 25.7 Å². The molecular weight excluding hydrogens is 344 g/mol. The first-order chi connectivity index (χ1) is 10.5. The number of aromatic nitrogens is 1. The lowest BCUT2D eigenvalue weighted by Crippen LogP contribution is -2.07. The lowest BCUT2D eigenvalue weighted by molar-refractivity contribution is -0.138. The first-order valence-corrected chi connectivity index (χ1v) is 6.84. The van der Waals surface area contributed by atoms with E-state index in [1.807, 2.05) is 0 Å². The van der Waals surface area contributed by atoms with Crippen LogP contribution in [0.5, 0.6) is 0 Å². The van der Waals surface area contributed by atoms with Gasteiger partial charge in [-0.3, -0.25) is 4.98 Å². The van der Waals surface area contributed by atoms with Gasteiger partial charge in [-0.25, -0.2) is 0 Å². The van der Waals surface area contributed by atoms with Crippen LogP contribution in [0.4, 0.5) is 26.3 Å². The third-order valence-electron chi connectivity index (χ3n) is 3.17. The second-order valence-corrected chi connectivity index (χ2v) is 5.23. The molecule has 2 rings (SSSR count). The number of rotatable bonds is 2. The molecule has 0 aliphatic rings. The monoisotopic (exact) mass is 353 g/mol. The van der Waals surface area contributed by atoms with E-state index >= 15 is 0 Å². The summed E-state index contributed by atoms with van der Waals surface area (Å²) in [7, 11) is 0. The fourth-order valence-corrected chi connectivity index (χ4v) is 2.28. The van der Waals surface area contributed by atoms with E-state index in [0.29, 0.717) is 24.2 Å². The molecule has 0 amide bonds. The van der Waals surface area contributed by atoms with E-state index in [-0.39, 0.29) is 16.3 Å². The summed E-state index contributed by atoms with van der Waals surface area (Å²) in [5, 5.41) is -0.360. The Bertz CT molecular complexity index is 721. The highest BCUT2D eigenvalue weighted by Crippen LogP contribution is 2.37. The molecule has 1 nitrogen and oxygen atoms in total. The van der Waals surface area contributed by atoms with E-state index in [0.717, 1.165) is 12.1 Å². The molecule has 23 heavy (non-hydrogen) atoms. The molecule has 0 bridgehead atoms. The van der Waals surface area contributed by atoms with Crippen LogP contribution in [0, 0.1) is 0 Å². The topological polar surface area (TPSA) is 12.9 Å². The van der Waals surface area contributed by atoms with Gasteiger partial charge in [0.15, 0.2) is 0 Å². The van der Waals surface area contributed by atoms with Crippen LogP contribution >= 0.6 is 11.6 Å². The zero-order valence-corrected chi connectivity index (χ0v) is 12.4. The quantitative estimate of drug-likeness (QED) is 0.603. The van der Waals surface area contributed by atoms with Crippen LogP contribution in [0.1, 0.15) is 23.6 Å². The van der Waals surface area contributed by atoms with Gasteiger partial charge >= 0.3 is 12.4 Å². The Morgan fingerprint density at radius 1 is 0.913 bits per heavy atom. The Balaban J connectivity index is 2.58. The third-order valence-corrected chi connectivity index (χ3v) is 3.46. The van der Waals surface area contributed by atoms with Crippen molar-refractivity contribution in [3.05, 3.63) is 52.2 Å². The second kappa shape index (κ2) is 6.03. The zero-order chi connectivity index (χ0) is 17.4. The fraction of sp³-hybridized carbons (Fsp3) is 0.267. The Labute approximate surface area is 132 Å². The normalized spacial score (nSPS) is 12.5. The van der Waals surface area contributed by atoms with Gasteiger partial charge in [0.2, 0.25) is 0 Å². The van der Waals surface area contributed by atoms with E-state index in [2.05, 4.69) is 4.98 Å². The number of halogens is 7. The van der Waals surface area contributed by atoms with E-state index in [4.69, 9.17) is 11.6 Å². The Kier molecular flexibility index (Phi) is 4.61. The van der Waals surface area contributed by atoms with E-state index < -0.39 is 23.5 Å². The molecule has 0 unspecified atom stereocenters. The van der Waals surface area contributed by atoms with Crippen LogP contribution in [0.15, 0.2) is 30.5 Å². The average molecular weight is 354 g/mol. The van der Waals surface area contributed by atoms with E-state index in [9.17, 15) is 26.3 Å². The van der Waals surface area contributed by atoms with Crippen molar-refractivity contribution in [2.24, 2.45) is 0 Å². The maximum Gasteiger partial charge on any atom is 0.417 e. The number of aryl methyl sites for hydroxylation is 1. The largest absolute Gasteiger partial charge is 0.417 e. The summed E-state index contributed by atoms with van der Waals surface area (Å²) in [6.07, 6.45) is -8.32. The maximum absolute atomic E-state index is 12.9. The van der Waals surface area contributed by atoms with Gasteiger partial charge in [-0.15, -0.1) is 0 Å². The van der Waals surface area contributed by atoms with Gasteiger partial charge in [0, 0.05) is 11.8 Å². The predicted octanol–water partition coefficient (Wildman–Crippen LogP) is 6.00. The summed E-state index contributed by atoms with van der Waals surface area (Å²) in [4.78, 5) is 3.59. The Hall–Kier alpha value is -1.76. The SMILES string of the molecule is CCc1cc(-c2ncc(C(F)(F)F)cc2Cl)cc(C(F)(F)F)c1. The maximum atomic E-state index is 12.9. The van der Waals surface area contributed by atoms with Crippen molar-refractivity contribution in [3.8, 4) is 11.3 Å². The van der Waals surface area contributed by atoms with Crippen molar-refractivity contribution < 1.29 is 26.3 Å². The molecule has 0 aliphatic carbocycles. The fourth-order valence-electron chi connectivity index (χ4n) is 2.00. The first-order valence-electron chi connectivity index (χ1n) is 6.46. The molecule has 1 aromatic heterocycles. The minimum Gasteiger partial charge on any atom is -0.254 e. The highest BCUT2D eigenvalue weighted by molar-refractivity contribution is 6.33. The molecule has 8 heteroatoms. The smallest absolute Gasteiger partial charge is 0.254 e. The predicted molar refractivity (Wildman–Crippen MR) is 74.1 cm³/mol. The molecule has 1 aromatic carbocycles. The molecular formula is C15H10ClF6N. The molecule has 124 valence electrons. The standard InChI is InChI=1S/C15H10ClF6N/c1-2-8-3-9(5-10(4-8)14(17,18)19)13-12(16)6-11(7-23-13)15(20,21)22/h3-7H,2H2,1H3. The minimum atomic E-state index is -4.63. The summed E-state index contributed by atoms with van der Waals surface area (Å²) in [5.41, 5.74) is -1.68. The second-order valence-electron chi connectivity index (χ2n) is 4.82. The van der Waals surface area contributed by atoms with Crippen molar-refractivity contribution in [2.75, 3.05) is 0 Å². The van der Waals surface area contributed by atoms with Crippen molar-refractivity contribution >= 4 is 11.6 Å². The van der Waals surface area contributed by atoms with Crippen molar-refractivity contribution in [1.82, 2.24) is 4.98 Å². The molecule has 1 heterocycles. The van der Waals surface area contributed by atoms with Crippen LogP contribution in [-0.4, -0.2) is 4.98 Å². The molecule has 0 radical (unpaired) electrons. The summed E-state index contributed by atoms with van der Waals surface area (Å²) in [6.45, 7) is 1.67. The summed E-state index contributed by atoms with van der Waals surface area (Å²) in [6, 6.07) is 3.88. The number of benzene rings is 1. The van der Waals surface area contributed by atoms with Crippen molar-refractivity contribution in [3.63, 3.8) is 0 Å². The molecule has 0 aliphatic heterocycles. The number of hydrogen-bond donors (Lipinski definition) is 0. The van der Waals surface area contributed by atoms with Gasteiger partial charge in [-0.1, -0.05) is 18.5 Å². The molecule has 0 saturated heterocycles. The summed E-state index contributed by atoms with van der Waals surface area (Å²) < 4.78 is 76.5. The number of nitrogens with zero attached hydrogens (tertiary/aromatic N) is 1. The van der Waals surface area contributed by atoms with Gasteiger partial charge in [-0.05, 0) is 36.2 Å². The zero-order valence-electron chi connectivity index (χ0n) is 11.7. The Morgan fingerprint density at radius 3 is 2.00 bits per heavy atom. The molecule has 0 N–H and O–H groups in total. The highest BCUT2D eigenvalue weighted by Gasteiger charge is 2.33. The van der Waals surface area contributed by atoms with Crippen molar-refractivity contribution in [1.29, 1.82) is 0 Å². The number of hydrogen-bond acceptors (Lipinski definition) is 1. The minimum absolute atomic E-state index is 0.0235. The Morgan fingerprint density at radius 2 is 1.52 bits per heavy atom. The van der Waals surface area contributed by atoms with Gasteiger partial charge < -0.3 is 0 Å². The van der Waals surface area contributed by atoms with Crippen LogP contribution < -0.4 is 0 Å². The lowest BCUT2D eigenvalue weighted by atomic mass is 10.0. The molecule has 0 fully saturated rings. The van der Waals surface area contributed by atoms with Gasteiger partial charge in [0.25, 0.3) is 0 Å². The van der Waals surface area contributed by atoms with Crippen LogP contribution in [0.25, 0.3) is 11.3 Å². The lowest BCUT2D eigenvalue weighted by Gasteiger charge is -2.13. The van der Waals surface area contributed by atoms with E-state index in [1.54, 1.807) is 6.92 Å².